The van der Waals surface area contributed by atoms with Gasteiger partial charge in [-0.05, 0) is 49.2 Å². The highest BCUT2D eigenvalue weighted by Gasteiger charge is 2.57. The van der Waals surface area contributed by atoms with Gasteiger partial charge in [0.25, 0.3) is 11.7 Å². The fourth-order valence-corrected chi connectivity index (χ4v) is 3.75. The smallest absolute Gasteiger partial charge is 0.292 e. The van der Waals surface area contributed by atoms with Gasteiger partial charge in [-0.3, -0.25) is 4.79 Å². The van der Waals surface area contributed by atoms with Crippen LogP contribution in [0.1, 0.15) is 16.7 Å². The molecule has 1 saturated heterocycles. The molecular weight excluding hydrogens is 354 g/mol. The van der Waals surface area contributed by atoms with Gasteiger partial charge in [-0.2, -0.15) is 0 Å². The molecule has 0 atom stereocenters. The Hall–Kier alpha value is -2.08. The van der Waals surface area contributed by atoms with E-state index in [-0.39, 0.29) is 5.91 Å². The van der Waals surface area contributed by atoms with Crippen LogP contribution in [0.15, 0.2) is 36.4 Å². The third-order valence-electron chi connectivity index (χ3n) is 4.80. The van der Waals surface area contributed by atoms with Crippen LogP contribution in [-0.4, -0.2) is 32.3 Å². The molecule has 0 bridgehead atoms. The molecule has 0 aromatic heterocycles. The van der Waals surface area contributed by atoms with Gasteiger partial charge in [0.1, 0.15) is 12.4 Å². The van der Waals surface area contributed by atoms with Crippen molar-refractivity contribution in [1.82, 2.24) is 0 Å². The van der Waals surface area contributed by atoms with E-state index in [1.807, 2.05) is 38.1 Å². The van der Waals surface area contributed by atoms with Crippen molar-refractivity contribution in [2.45, 2.75) is 19.6 Å². The summed E-state index contributed by atoms with van der Waals surface area (Å²) < 4.78 is 17.4. The fourth-order valence-electron chi connectivity index (χ4n) is 3.62. The number of halogens is 1. The van der Waals surface area contributed by atoms with E-state index in [4.69, 9.17) is 25.8 Å². The quantitative estimate of drug-likeness (QED) is 0.821. The molecule has 2 aliphatic heterocycles. The van der Waals surface area contributed by atoms with Crippen LogP contribution in [-0.2, 0) is 20.1 Å². The van der Waals surface area contributed by atoms with Crippen LogP contribution in [0.4, 0.5) is 5.69 Å². The van der Waals surface area contributed by atoms with Crippen LogP contribution in [0.2, 0.25) is 5.02 Å². The molecule has 0 N–H and O–H groups in total. The summed E-state index contributed by atoms with van der Waals surface area (Å²) in [6.07, 6.45) is 0. The lowest BCUT2D eigenvalue weighted by Crippen LogP contribution is -2.42. The number of carbonyl (C=O) groups excluding carboxylic acids is 1. The third kappa shape index (κ3) is 2.67. The minimum absolute atomic E-state index is 0.179. The van der Waals surface area contributed by atoms with E-state index < -0.39 is 5.79 Å². The van der Waals surface area contributed by atoms with E-state index in [0.717, 1.165) is 22.4 Å². The summed E-state index contributed by atoms with van der Waals surface area (Å²) in [5.74, 6) is -0.765. The van der Waals surface area contributed by atoms with Crippen LogP contribution in [0.5, 0.6) is 5.75 Å². The third-order valence-corrected chi connectivity index (χ3v) is 5.06. The standard InChI is InChI=1S/C20H20ClNO4/c1-13-3-4-14(2)18-17(13)20(25-11-12-26-20)19(23)22(18)9-10-24-16-7-5-15(21)6-8-16/h3-8H,9-12H2,1-2H3. The summed E-state index contributed by atoms with van der Waals surface area (Å²) in [4.78, 5) is 14.9. The zero-order chi connectivity index (χ0) is 18.3. The lowest BCUT2D eigenvalue weighted by atomic mass is 9.98. The highest BCUT2D eigenvalue weighted by molar-refractivity contribution is 6.30. The summed E-state index contributed by atoms with van der Waals surface area (Å²) in [5, 5.41) is 0.657. The molecule has 0 radical (unpaired) electrons. The second kappa shape index (κ2) is 6.58. The van der Waals surface area contributed by atoms with Crippen molar-refractivity contribution in [2.24, 2.45) is 0 Å². The average molecular weight is 374 g/mol. The minimum Gasteiger partial charge on any atom is -0.492 e. The number of hydrogen-bond donors (Lipinski definition) is 0. The number of nitrogens with zero attached hydrogens (tertiary/aromatic N) is 1. The number of amides is 1. The lowest BCUT2D eigenvalue weighted by Gasteiger charge is -2.22. The molecule has 2 aromatic rings. The first kappa shape index (κ1) is 17.3. The zero-order valence-electron chi connectivity index (χ0n) is 14.8. The highest BCUT2D eigenvalue weighted by Crippen LogP contribution is 2.48. The number of ether oxygens (including phenoxy) is 3. The number of hydrogen-bond acceptors (Lipinski definition) is 4. The molecule has 136 valence electrons. The predicted octanol–water partition coefficient (Wildman–Crippen LogP) is 3.58. The van der Waals surface area contributed by atoms with Crippen molar-refractivity contribution < 1.29 is 19.0 Å². The van der Waals surface area contributed by atoms with Gasteiger partial charge in [-0.25, -0.2) is 0 Å². The average Bonchev–Trinajstić information content (AvgIpc) is 3.21. The maximum Gasteiger partial charge on any atom is 0.292 e. The van der Waals surface area contributed by atoms with E-state index >= 15 is 0 Å². The van der Waals surface area contributed by atoms with Crippen LogP contribution in [0, 0.1) is 13.8 Å². The van der Waals surface area contributed by atoms with Crippen molar-refractivity contribution in [3.63, 3.8) is 0 Å². The van der Waals surface area contributed by atoms with E-state index in [1.165, 1.54) is 0 Å². The van der Waals surface area contributed by atoms with Crippen LogP contribution in [0.3, 0.4) is 0 Å². The molecule has 0 saturated carbocycles. The summed E-state index contributed by atoms with van der Waals surface area (Å²) in [6, 6.07) is 11.2. The number of carbonyl (C=O) groups is 1. The Morgan fingerprint density at radius 2 is 1.73 bits per heavy atom. The molecule has 2 aliphatic rings. The van der Waals surface area contributed by atoms with Gasteiger partial charge < -0.3 is 19.1 Å². The monoisotopic (exact) mass is 373 g/mol. The summed E-state index contributed by atoms with van der Waals surface area (Å²) >= 11 is 5.89. The maximum atomic E-state index is 13.2. The van der Waals surface area contributed by atoms with E-state index in [2.05, 4.69) is 0 Å². The van der Waals surface area contributed by atoms with Crippen LogP contribution in [0.25, 0.3) is 0 Å². The van der Waals surface area contributed by atoms with E-state index in [0.29, 0.717) is 37.1 Å². The molecule has 4 rings (SSSR count). The number of benzene rings is 2. The first-order chi connectivity index (χ1) is 12.5. The summed E-state index contributed by atoms with van der Waals surface area (Å²) in [7, 11) is 0. The van der Waals surface area contributed by atoms with Crippen molar-refractivity contribution in [1.29, 1.82) is 0 Å². The first-order valence-electron chi connectivity index (χ1n) is 8.62. The van der Waals surface area contributed by atoms with Gasteiger partial charge in [0.15, 0.2) is 0 Å². The topological polar surface area (TPSA) is 48.0 Å². The Kier molecular flexibility index (Phi) is 4.39. The number of fused-ring (bicyclic) bond motifs is 2. The Morgan fingerprint density at radius 1 is 1.08 bits per heavy atom. The van der Waals surface area contributed by atoms with Gasteiger partial charge in [-0.1, -0.05) is 23.7 Å². The molecule has 2 aromatic carbocycles. The normalized spacial score (nSPS) is 17.8. The molecule has 2 heterocycles. The van der Waals surface area contributed by atoms with Gasteiger partial charge >= 0.3 is 0 Å². The van der Waals surface area contributed by atoms with Crippen LogP contribution < -0.4 is 9.64 Å². The second-order valence-corrected chi connectivity index (χ2v) is 6.93. The maximum absolute atomic E-state index is 13.2. The molecule has 0 aliphatic carbocycles. The largest absolute Gasteiger partial charge is 0.492 e. The molecular formula is C20H20ClNO4. The highest BCUT2D eigenvalue weighted by atomic mass is 35.5. The Morgan fingerprint density at radius 3 is 2.42 bits per heavy atom. The first-order valence-corrected chi connectivity index (χ1v) is 8.99. The van der Waals surface area contributed by atoms with Crippen molar-refractivity contribution >= 4 is 23.2 Å². The SMILES string of the molecule is Cc1ccc(C)c2c1N(CCOc1ccc(Cl)cc1)C(=O)C21OCCO1. The van der Waals surface area contributed by atoms with Gasteiger partial charge in [0.2, 0.25) is 0 Å². The minimum atomic E-state index is -1.30. The zero-order valence-corrected chi connectivity index (χ0v) is 15.5. The molecule has 1 amide bonds. The van der Waals surface area contributed by atoms with Crippen molar-refractivity contribution in [2.75, 3.05) is 31.3 Å². The van der Waals surface area contributed by atoms with E-state index in [9.17, 15) is 4.79 Å². The summed E-state index contributed by atoms with van der Waals surface area (Å²) in [6.45, 7) is 5.56. The molecule has 1 spiro atoms. The van der Waals surface area contributed by atoms with E-state index in [1.54, 1.807) is 17.0 Å². The lowest BCUT2D eigenvalue weighted by molar-refractivity contribution is -0.180. The van der Waals surface area contributed by atoms with Gasteiger partial charge in [-0.15, -0.1) is 0 Å². The van der Waals surface area contributed by atoms with Gasteiger partial charge in [0.05, 0.1) is 25.4 Å². The fraction of sp³-hybridized carbons (Fsp3) is 0.350. The van der Waals surface area contributed by atoms with Gasteiger partial charge in [0, 0.05) is 10.6 Å². The van der Waals surface area contributed by atoms with Crippen LogP contribution >= 0.6 is 11.6 Å². The predicted molar refractivity (Wildman–Crippen MR) is 98.8 cm³/mol. The number of aryl methyl sites for hydroxylation is 2. The summed E-state index contributed by atoms with van der Waals surface area (Å²) in [5.41, 5.74) is 3.70. The Balaban J connectivity index is 1.60. The second-order valence-electron chi connectivity index (χ2n) is 6.50. The Bertz CT molecular complexity index is 844. The number of anilines is 1. The molecule has 0 unspecified atom stereocenters. The number of rotatable bonds is 4. The van der Waals surface area contributed by atoms with Crippen molar-refractivity contribution in [3.8, 4) is 5.75 Å². The molecule has 26 heavy (non-hydrogen) atoms. The molecule has 5 nitrogen and oxygen atoms in total. The molecule has 6 heteroatoms. The molecule has 1 fully saturated rings. The Labute approximate surface area is 157 Å². The van der Waals surface area contributed by atoms with Crippen molar-refractivity contribution in [3.05, 3.63) is 58.1 Å².